The molecule has 2 rings (SSSR count). The van der Waals surface area contributed by atoms with Crippen molar-refractivity contribution in [2.24, 2.45) is 0 Å². The molecule has 1 aromatic rings. The topological polar surface area (TPSA) is 93.0 Å². The van der Waals surface area contributed by atoms with Crippen LogP contribution in [0, 0.1) is 0 Å². The van der Waals surface area contributed by atoms with E-state index in [0.717, 1.165) is 25.7 Å². The number of anilines is 1. The van der Waals surface area contributed by atoms with Crippen LogP contribution in [0.4, 0.5) is 5.69 Å². The minimum Gasteiger partial charge on any atom is -0.396 e. The number of aromatic amines is 1. The minimum absolute atomic E-state index is 0.101. The summed E-state index contributed by atoms with van der Waals surface area (Å²) >= 11 is 0. The van der Waals surface area contributed by atoms with E-state index < -0.39 is 0 Å². The van der Waals surface area contributed by atoms with Crippen LogP contribution in [-0.2, 0) is 4.74 Å². The minimum atomic E-state index is -0.192. The van der Waals surface area contributed by atoms with Gasteiger partial charge in [0.05, 0.1) is 17.5 Å². The maximum atomic E-state index is 12.1. The Morgan fingerprint density at radius 1 is 1.63 bits per heavy atom. The van der Waals surface area contributed by atoms with Crippen molar-refractivity contribution >= 4 is 11.6 Å². The number of H-pyrrole nitrogens is 1. The number of rotatable bonds is 4. The third-order valence-electron chi connectivity index (χ3n) is 4.01. The molecule has 1 unspecified atom stereocenters. The van der Waals surface area contributed by atoms with Gasteiger partial charge in [-0.1, -0.05) is 13.8 Å². The Morgan fingerprint density at radius 3 is 2.95 bits per heavy atom. The van der Waals surface area contributed by atoms with Gasteiger partial charge in [0.15, 0.2) is 0 Å². The summed E-state index contributed by atoms with van der Waals surface area (Å²) in [6, 6.07) is 0.129. The first kappa shape index (κ1) is 13.9. The largest absolute Gasteiger partial charge is 0.396 e. The van der Waals surface area contributed by atoms with Crippen LogP contribution in [0.3, 0.4) is 0 Å². The van der Waals surface area contributed by atoms with Gasteiger partial charge in [-0.3, -0.25) is 9.89 Å². The zero-order chi connectivity index (χ0) is 13.9. The van der Waals surface area contributed by atoms with Gasteiger partial charge in [-0.25, -0.2) is 0 Å². The number of hydrogen-bond acceptors (Lipinski definition) is 4. The second kappa shape index (κ2) is 5.61. The fourth-order valence-corrected chi connectivity index (χ4v) is 2.63. The summed E-state index contributed by atoms with van der Waals surface area (Å²) in [5.74, 6) is -0.192. The number of nitrogens with one attached hydrogen (secondary N) is 2. The van der Waals surface area contributed by atoms with Crippen molar-refractivity contribution in [3.8, 4) is 0 Å². The number of nitrogens with two attached hydrogens (primary N) is 1. The number of nitrogens with zero attached hydrogens (tertiary/aromatic N) is 1. The van der Waals surface area contributed by atoms with Gasteiger partial charge in [-0.15, -0.1) is 0 Å². The number of carbonyl (C=O) groups excluding carboxylic acids is 1. The fraction of sp³-hybridized carbons (Fsp3) is 0.692. The lowest BCUT2D eigenvalue weighted by molar-refractivity contribution is -0.0917. The van der Waals surface area contributed by atoms with Gasteiger partial charge in [-0.2, -0.15) is 5.10 Å². The molecule has 1 saturated heterocycles. The molecule has 1 aromatic heterocycles. The van der Waals surface area contributed by atoms with Crippen LogP contribution < -0.4 is 11.1 Å². The highest BCUT2D eigenvalue weighted by Crippen LogP contribution is 2.31. The van der Waals surface area contributed by atoms with Crippen molar-refractivity contribution in [1.82, 2.24) is 15.5 Å². The van der Waals surface area contributed by atoms with Gasteiger partial charge in [-0.05, 0) is 25.7 Å². The molecule has 1 fully saturated rings. The molecule has 0 aromatic carbocycles. The first-order chi connectivity index (χ1) is 9.10. The quantitative estimate of drug-likeness (QED) is 0.769. The molecular weight excluding hydrogens is 244 g/mol. The van der Waals surface area contributed by atoms with Gasteiger partial charge in [0, 0.05) is 12.6 Å². The van der Waals surface area contributed by atoms with Crippen LogP contribution in [0.15, 0.2) is 6.20 Å². The van der Waals surface area contributed by atoms with E-state index in [2.05, 4.69) is 29.4 Å². The predicted octanol–water partition coefficient (Wildman–Crippen LogP) is 1.46. The second-order valence-corrected chi connectivity index (χ2v) is 5.10. The van der Waals surface area contributed by atoms with Crippen LogP contribution >= 0.6 is 0 Å². The molecule has 1 aliphatic heterocycles. The lowest BCUT2D eigenvalue weighted by atomic mass is 9.86. The number of carbonyl (C=O) groups is 1. The third-order valence-corrected chi connectivity index (χ3v) is 4.01. The van der Waals surface area contributed by atoms with Crippen molar-refractivity contribution in [2.45, 2.75) is 51.2 Å². The van der Waals surface area contributed by atoms with Crippen LogP contribution in [-0.4, -0.2) is 34.4 Å². The highest BCUT2D eigenvalue weighted by Gasteiger charge is 2.35. The molecule has 0 radical (unpaired) electrons. The standard InChI is InChI=1S/C13H22N4O2/c1-3-13(4-2)7-9(5-6-19-13)16-12(18)11-10(14)8-15-17-11/h8-9H,3-7,14H2,1-2H3,(H,15,17)(H,16,18). The van der Waals surface area contributed by atoms with Crippen molar-refractivity contribution in [3.63, 3.8) is 0 Å². The maximum absolute atomic E-state index is 12.1. The average Bonchev–Trinajstić information content (AvgIpc) is 2.85. The SMILES string of the molecule is CCC1(CC)CC(NC(=O)c2[nH]ncc2N)CCO1. The second-order valence-electron chi connectivity index (χ2n) is 5.10. The van der Waals surface area contributed by atoms with E-state index in [1.165, 1.54) is 6.20 Å². The number of nitrogen functional groups attached to an aromatic ring is 1. The summed E-state index contributed by atoms with van der Waals surface area (Å²) < 4.78 is 5.89. The average molecular weight is 266 g/mol. The molecule has 2 heterocycles. The molecule has 0 spiro atoms. The van der Waals surface area contributed by atoms with E-state index in [1.54, 1.807) is 0 Å². The van der Waals surface area contributed by atoms with E-state index in [9.17, 15) is 4.79 Å². The summed E-state index contributed by atoms with van der Waals surface area (Å²) in [5, 5.41) is 9.40. The highest BCUT2D eigenvalue weighted by atomic mass is 16.5. The Kier molecular flexibility index (Phi) is 4.09. The van der Waals surface area contributed by atoms with Gasteiger partial charge in [0.2, 0.25) is 0 Å². The van der Waals surface area contributed by atoms with Gasteiger partial charge in [0.25, 0.3) is 5.91 Å². The molecule has 1 aliphatic rings. The van der Waals surface area contributed by atoms with Gasteiger partial charge >= 0.3 is 0 Å². The fourth-order valence-electron chi connectivity index (χ4n) is 2.63. The lowest BCUT2D eigenvalue weighted by Gasteiger charge is -2.40. The molecule has 1 atom stereocenters. The Morgan fingerprint density at radius 2 is 2.37 bits per heavy atom. The van der Waals surface area contributed by atoms with Crippen molar-refractivity contribution in [1.29, 1.82) is 0 Å². The van der Waals surface area contributed by atoms with E-state index in [-0.39, 0.29) is 17.6 Å². The number of aromatic nitrogens is 2. The molecule has 1 amide bonds. The first-order valence-electron chi connectivity index (χ1n) is 6.84. The molecule has 6 heteroatoms. The summed E-state index contributed by atoms with van der Waals surface area (Å²) in [6.45, 7) is 4.94. The van der Waals surface area contributed by atoms with Gasteiger partial charge in [0.1, 0.15) is 5.69 Å². The molecule has 106 valence electrons. The number of amides is 1. The molecule has 0 saturated carbocycles. The van der Waals surface area contributed by atoms with Crippen LogP contribution in [0.2, 0.25) is 0 Å². The summed E-state index contributed by atoms with van der Waals surface area (Å²) in [7, 11) is 0. The van der Waals surface area contributed by atoms with E-state index in [4.69, 9.17) is 10.5 Å². The molecule has 6 nitrogen and oxygen atoms in total. The Labute approximate surface area is 113 Å². The Hall–Kier alpha value is -1.56. The van der Waals surface area contributed by atoms with Crippen molar-refractivity contribution < 1.29 is 9.53 Å². The van der Waals surface area contributed by atoms with E-state index in [0.29, 0.717) is 18.0 Å². The van der Waals surface area contributed by atoms with Gasteiger partial charge < -0.3 is 15.8 Å². The third kappa shape index (κ3) is 2.89. The smallest absolute Gasteiger partial charge is 0.271 e. The van der Waals surface area contributed by atoms with E-state index >= 15 is 0 Å². The maximum Gasteiger partial charge on any atom is 0.271 e. The zero-order valence-electron chi connectivity index (χ0n) is 11.5. The molecule has 0 bridgehead atoms. The van der Waals surface area contributed by atoms with Crippen molar-refractivity contribution in [3.05, 3.63) is 11.9 Å². The molecular formula is C13H22N4O2. The Bertz CT molecular complexity index is 440. The number of hydrogen-bond donors (Lipinski definition) is 3. The van der Waals surface area contributed by atoms with Crippen LogP contribution in [0.1, 0.15) is 50.0 Å². The summed E-state index contributed by atoms with van der Waals surface area (Å²) in [6.07, 6.45) is 5.05. The lowest BCUT2D eigenvalue weighted by Crippen LogP contribution is -2.48. The first-order valence-corrected chi connectivity index (χ1v) is 6.84. The predicted molar refractivity (Wildman–Crippen MR) is 72.8 cm³/mol. The molecule has 19 heavy (non-hydrogen) atoms. The highest BCUT2D eigenvalue weighted by molar-refractivity contribution is 5.97. The Balaban J connectivity index is 2.00. The normalized spacial score (nSPS) is 22.1. The molecule has 0 aliphatic carbocycles. The number of ether oxygens (including phenoxy) is 1. The zero-order valence-corrected chi connectivity index (χ0v) is 11.5. The van der Waals surface area contributed by atoms with E-state index in [1.807, 2.05) is 0 Å². The molecule has 4 N–H and O–H groups in total. The van der Waals surface area contributed by atoms with Crippen molar-refractivity contribution in [2.75, 3.05) is 12.3 Å². The van der Waals surface area contributed by atoms with Crippen LogP contribution in [0.5, 0.6) is 0 Å². The van der Waals surface area contributed by atoms with Crippen LogP contribution in [0.25, 0.3) is 0 Å². The summed E-state index contributed by atoms with van der Waals surface area (Å²) in [5.41, 5.74) is 6.29. The summed E-state index contributed by atoms with van der Waals surface area (Å²) in [4.78, 5) is 12.1. The monoisotopic (exact) mass is 266 g/mol.